The molecular formula is C14H29NO2. The molecule has 0 unspecified atom stereocenters. The van der Waals surface area contributed by atoms with Gasteiger partial charge in [-0.15, -0.1) is 0 Å². The van der Waals surface area contributed by atoms with Gasteiger partial charge in [0.25, 0.3) is 0 Å². The smallest absolute Gasteiger partial charge is 0.330 e. The van der Waals surface area contributed by atoms with Crippen LogP contribution in [-0.4, -0.2) is 16.6 Å². The lowest BCUT2D eigenvalue weighted by Crippen LogP contribution is -2.39. The molecule has 0 atom stereocenters. The normalized spacial score (nSPS) is 10.4. The van der Waals surface area contributed by atoms with Crippen LogP contribution in [0.5, 0.6) is 0 Å². The molecule has 0 heterocycles. The molecule has 3 N–H and O–H groups in total. The van der Waals surface area contributed by atoms with Crippen LogP contribution >= 0.6 is 0 Å². The molecule has 17 heavy (non-hydrogen) atoms. The minimum atomic E-state index is -0.935. The number of carboxylic acid groups (broad SMARTS) is 1. The van der Waals surface area contributed by atoms with Crippen molar-refractivity contribution in [2.24, 2.45) is 5.73 Å². The van der Waals surface area contributed by atoms with Crippen molar-refractivity contribution in [3.05, 3.63) is 12.2 Å². The summed E-state index contributed by atoms with van der Waals surface area (Å²) in [6.07, 6.45) is 7.22. The maximum Gasteiger partial charge on any atom is 0.330 e. The molecular weight excluding hydrogens is 214 g/mol. The minimum absolute atomic E-state index is 0.151. The van der Waals surface area contributed by atoms with Gasteiger partial charge in [-0.05, 0) is 26.2 Å². The summed E-state index contributed by atoms with van der Waals surface area (Å²) >= 11 is 0. The van der Waals surface area contributed by atoms with E-state index >= 15 is 0 Å². The first-order chi connectivity index (χ1) is 7.82. The Morgan fingerprint density at radius 2 is 1.35 bits per heavy atom. The fourth-order valence-electron chi connectivity index (χ4n) is 1.87. The lowest BCUT2D eigenvalue weighted by molar-refractivity contribution is -0.132. The van der Waals surface area contributed by atoms with Crippen molar-refractivity contribution in [3.8, 4) is 0 Å². The Balaban J connectivity index is 0. The summed E-state index contributed by atoms with van der Waals surface area (Å²) in [5, 5.41) is 7.89. The van der Waals surface area contributed by atoms with Crippen LogP contribution < -0.4 is 5.73 Å². The Hall–Kier alpha value is -0.830. The quantitative estimate of drug-likeness (QED) is 0.670. The zero-order chi connectivity index (χ0) is 13.9. The van der Waals surface area contributed by atoms with E-state index in [9.17, 15) is 4.79 Å². The summed E-state index contributed by atoms with van der Waals surface area (Å²) in [4.78, 5) is 9.60. The van der Waals surface area contributed by atoms with Gasteiger partial charge in [-0.3, -0.25) is 0 Å². The van der Waals surface area contributed by atoms with Crippen LogP contribution in [0.25, 0.3) is 0 Å². The van der Waals surface area contributed by atoms with E-state index in [0.717, 1.165) is 0 Å². The predicted molar refractivity (Wildman–Crippen MR) is 74.1 cm³/mol. The van der Waals surface area contributed by atoms with Gasteiger partial charge in [-0.2, -0.15) is 0 Å². The van der Waals surface area contributed by atoms with Gasteiger partial charge < -0.3 is 10.8 Å². The van der Waals surface area contributed by atoms with Crippen LogP contribution in [0.1, 0.15) is 66.2 Å². The summed E-state index contributed by atoms with van der Waals surface area (Å²) in [5.41, 5.74) is 6.56. The van der Waals surface area contributed by atoms with Crippen LogP contribution in [0.4, 0.5) is 0 Å². The lowest BCUT2D eigenvalue weighted by atomic mass is 9.86. The van der Waals surface area contributed by atoms with Crippen molar-refractivity contribution in [3.63, 3.8) is 0 Å². The van der Waals surface area contributed by atoms with Gasteiger partial charge in [0.05, 0.1) is 0 Å². The second kappa shape index (κ2) is 10.3. The van der Waals surface area contributed by atoms with Crippen molar-refractivity contribution in [2.45, 2.75) is 71.8 Å². The number of hydrogen-bond donors (Lipinski definition) is 2. The van der Waals surface area contributed by atoms with E-state index in [1.165, 1.54) is 45.4 Å². The molecule has 3 heteroatoms. The van der Waals surface area contributed by atoms with Crippen LogP contribution in [0.2, 0.25) is 0 Å². The van der Waals surface area contributed by atoms with Crippen molar-refractivity contribution in [2.75, 3.05) is 0 Å². The summed E-state index contributed by atoms with van der Waals surface area (Å²) in [5.74, 6) is -0.935. The van der Waals surface area contributed by atoms with Gasteiger partial charge in [-0.25, -0.2) is 4.79 Å². The lowest BCUT2D eigenvalue weighted by Gasteiger charge is -2.28. The predicted octanol–water partition coefficient (Wildman–Crippen LogP) is 3.73. The van der Waals surface area contributed by atoms with Gasteiger partial charge in [-0.1, -0.05) is 46.6 Å². The van der Waals surface area contributed by atoms with Gasteiger partial charge in [0.15, 0.2) is 0 Å². The largest absolute Gasteiger partial charge is 0.478 e. The number of aliphatic carboxylic acids is 1. The molecule has 102 valence electrons. The van der Waals surface area contributed by atoms with E-state index in [1.54, 1.807) is 0 Å². The first-order valence-corrected chi connectivity index (χ1v) is 6.50. The first-order valence-electron chi connectivity index (χ1n) is 6.50. The van der Waals surface area contributed by atoms with Crippen LogP contribution in [-0.2, 0) is 4.79 Å². The molecule has 0 saturated heterocycles. The van der Waals surface area contributed by atoms with E-state index in [4.69, 9.17) is 10.8 Å². The molecule has 0 aliphatic heterocycles. The van der Waals surface area contributed by atoms with Crippen molar-refractivity contribution in [1.29, 1.82) is 0 Å². The van der Waals surface area contributed by atoms with E-state index in [2.05, 4.69) is 27.4 Å². The Morgan fingerprint density at radius 1 is 1.12 bits per heavy atom. The average molecular weight is 243 g/mol. The molecule has 3 nitrogen and oxygen atoms in total. The van der Waals surface area contributed by atoms with Crippen LogP contribution in [0, 0.1) is 0 Å². The first kappa shape index (κ1) is 18.5. The summed E-state index contributed by atoms with van der Waals surface area (Å²) in [7, 11) is 0. The molecule has 0 rings (SSSR count). The topological polar surface area (TPSA) is 63.3 Å². The molecule has 0 saturated carbocycles. The molecule has 0 aliphatic carbocycles. The SMILES string of the molecule is C=C(C)C(=O)O.CCCC(N)(CCC)CCC. The molecule has 0 spiro atoms. The number of rotatable bonds is 7. The van der Waals surface area contributed by atoms with E-state index < -0.39 is 5.97 Å². The van der Waals surface area contributed by atoms with Crippen molar-refractivity contribution >= 4 is 5.97 Å². The van der Waals surface area contributed by atoms with Gasteiger partial charge >= 0.3 is 5.97 Å². The third-order valence-electron chi connectivity index (χ3n) is 2.61. The summed E-state index contributed by atoms with van der Waals surface area (Å²) in [6, 6.07) is 0. The molecule has 0 bridgehead atoms. The molecule has 0 aromatic rings. The van der Waals surface area contributed by atoms with E-state index in [-0.39, 0.29) is 11.1 Å². The van der Waals surface area contributed by atoms with E-state index in [0.29, 0.717) is 0 Å². The second-order valence-electron chi connectivity index (χ2n) is 4.70. The van der Waals surface area contributed by atoms with Crippen LogP contribution in [0.15, 0.2) is 12.2 Å². The number of nitrogens with two attached hydrogens (primary N) is 1. The molecule has 0 amide bonds. The fraction of sp³-hybridized carbons (Fsp3) is 0.786. The maximum absolute atomic E-state index is 9.60. The Bertz CT molecular complexity index is 195. The average Bonchev–Trinajstić information content (AvgIpc) is 2.19. The van der Waals surface area contributed by atoms with Gasteiger partial charge in [0, 0.05) is 11.1 Å². The van der Waals surface area contributed by atoms with Crippen molar-refractivity contribution < 1.29 is 9.90 Å². The fourth-order valence-corrected chi connectivity index (χ4v) is 1.87. The summed E-state index contributed by atoms with van der Waals surface area (Å²) < 4.78 is 0. The highest BCUT2D eigenvalue weighted by Gasteiger charge is 2.20. The third-order valence-corrected chi connectivity index (χ3v) is 2.61. The second-order valence-corrected chi connectivity index (χ2v) is 4.70. The van der Waals surface area contributed by atoms with Gasteiger partial charge in [0.1, 0.15) is 0 Å². The monoisotopic (exact) mass is 243 g/mol. The molecule has 0 radical (unpaired) electrons. The molecule has 0 aromatic heterocycles. The standard InChI is InChI=1S/C10H23N.C4H6O2/c1-4-7-10(11,8-5-2)9-6-3;1-3(2)4(5)6/h4-9,11H2,1-3H3;1H2,2H3,(H,5,6). The van der Waals surface area contributed by atoms with E-state index in [1.807, 2.05) is 0 Å². The van der Waals surface area contributed by atoms with Crippen molar-refractivity contribution in [1.82, 2.24) is 0 Å². The highest BCUT2D eigenvalue weighted by Crippen LogP contribution is 2.21. The maximum atomic E-state index is 9.60. The third kappa shape index (κ3) is 11.4. The number of carbonyl (C=O) groups is 1. The van der Waals surface area contributed by atoms with Crippen LogP contribution in [0.3, 0.4) is 0 Å². The molecule has 0 aliphatic rings. The number of hydrogen-bond acceptors (Lipinski definition) is 2. The number of carboxylic acids is 1. The summed E-state index contributed by atoms with van der Waals surface area (Å²) in [6.45, 7) is 11.2. The minimum Gasteiger partial charge on any atom is -0.478 e. The molecule has 0 aromatic carbocycles. The zero-order valence-electron chi connectivity index (χ0n) is 11.9. The zero-order valence-corrected chi connectivity index (χ0v) is 11.9. The molecule has 0 fully saturated rings. The Morgan fingerprint density at radius 3 is 1.47 bits per heavy atom. The highest BCUT2D eigenvalue weighted by molar-refractivity contribution is 5.84. The Labute approximate surface area is 106 Å². The van der Waals surface area contributed by atoms with Gasteiger partial charge in [0.2, 0.25) is 0 Å². The highest BCUT2D eigenvalue weighted by atomic mass is 16.4. The Kier molecular flexibility index (Phi) is 11.3.